The molecule has 1 N–H and O–H groups in total. The molecular formula is C14H20O3. The second-order valence-electron chi connectivity index (χ2n) is 4.79. The third-order valence-electron chi connectivity index (χ3n) is 3.58. The van der Waals surface area contributed by atoms with Crippen molar-refractivity contribution in [2.24, 2.45) is 11.8 Å². The van der Waals surface area contributed by atoms with Crippen molar-refractivity contribution in [1.29, 1.82) is 0 Å². The maximum atomic E-state index is 10.3. The van der Waals surface area contributed by atoms with Crippen molar-refractivity contribution >= 4 is 0 Å². The van der Waals surface area contributed by atoms with E-state index >= 15 is 0 Å². The maximum Gasteiger partial charge on any atom is 0.122 e. The molecule has 3 heteroatoms. The van der Waals surface area contributed by atoms with Crippen molar-refractivity contribution in [3.05, 3.63) is 23.8 Å². The van der Waals surface area contributed by atoms with Crippen LogP contribution in [-0.2, 0) is 0 Å². The summed E-state index contributed by atoms with van der Waals surface area (Å²) in [6, 6.07) is 5.58. The monoisotopic (exact) mass is 236 g/mol. The van der Waals surface area contributed by atoms with Crippen molar-refractivity contribution in [3.8, 4) is 11.5 Å². The Morgan fingerprint density at radius 1 is 1.12 bits per heavy atom. The van der Waals surface area contributed by atoms with Gasteiger partial charge in [0, 0.05) is 6.07 Å². The van der Waals surface area contributed by atoms with Crippen molar-refractivity contribution in [2.45, 2.75) is 25.9 Å². The van der Waals surface area contributed by atoms with E-state index < -0.39 is 6.10 Å². The lowest BCUT2D eigenvalue weighted by molar-refractivity contribution is 0.105. The molecule has 0 bridgehead atoms. The highest BCUT2D eigenvalue weighted by molar-refractivity contribution is 5.39. The van der Waals surface area contributed by atoms with Crippen molar-refractivity contribution in [2.75, 3.05) is 14.2 Å². The molecule has 1 saturated carbocycles. The van der Waals surface area contributed by atoms with Crippen molar-refractivity contribution < 1.29 is 14.6 Å². The minimum Gasteiger partial charge on any atom is -0.497 e. The highest BCUT2D eigenvalue weighted by Gasteiger charge is 2.33. The molecule has 0 radical (unpaired) electrons. The predicted octanol–water partition coefficient (Wildman–Crippen LogP) is 2.78. The minimum absolute atomic E-state index is 0.298. The summed E-state index contributed by atoms with van der Waals surface area (Å²) in [6.07, 6.45) is 2.03. The lowest BCUT2D eigenvalue weighted by Gasteiger charge is -2.20. The molecule has 2 unspecified atom stereocenters. The Morgan fingerprint density at radius 3 is 2.06 bits per heavy atom. The van der Waals surface area contributed by atoms with E-state index in [2.05, 4.69) is 6.92 Å². The Kier molecular flexibility index (Phi) is 3.57. The van der Waals surface area contributed by atoms with Gasteiger partial charge in [0.25, 0.3) is 0 Å². The smallest absolute Gasteiger partial charge is 0.122 e. The molecule has 0 amide bonds. The molecule has 1 aromatic rings. The third kappa shape index (κ3) is 2.72. The van der Waals surface area contributed by atoms with Gasteiger partial charge >= 0.3 is 0 Å². The number of benzene rings is 1. The molecule has 0 aliphatic heterocycles. The number of aliphatic hydroxyl groups excluding tert-OH is 1. The first kappa shape index (κ1) is 12.2. The standard InChI is InChI=1S/C14H20O3/c1-9(10-4-5-10)14(15)11-6-12(16-2)8-13(7-11)17-3/h6-10,14-15H,4-5H2,1-3H3. The largest absolute Gasteiger partial charge is 0.497 e. The zero-order valence-electron chi connectivity index (χ0n) is 10.6. The fourth-order valence-corrected chi connectivity index (χ4v) is 2.18. The molecule has 94 valence electrons. The van der Waals surface area contributed by atoms with Gasteiger partial charge in [-0.25, -0.2) is 0 Å². The van der Waals surface area contributed by atoms with Gasteiger partial charge in [-0.3, -0.25) is 0 Å². The number of hydrogen-bond donors (Lipinski definition) is 1. The van der Waals surface area contributed by atoms with E-state index in [4.69, 9.17) is 9.47 Å². The van der Waals surface area contributed by atoms with Crippen LogP contribution in [0.1, 0.15) is 31.4 Å². The quantitative estimate of drug-likeness (QED) is 0.854. The first-order chi connectivity index (χ1) is 8.15. The number of methoxy groups -OCH3 is 2. The van der Waals surface area contributed by atoms with Crippen LogP contribution < -0.4 is 9.47 Å². The molecule has 0 spiro atoms. The fraction of sp³-hybridized carbons (Fsp3) is 0.571. The molecule has 2 rings (SSSR count). The Morgan fingerprint density at radius 2 is 1.65 bits per heavy atom. The number of rotatable bonds is 5. The molecule has 2 atom stereocenters. The number of aliphatic hydroxyl groups is 1. The Balaban J connectivity index is 2.23. The summed E-state index contributed by atoms with van der Waals surface area (Å²) in [5.74, 6) is 2.41. The molecule has 0 saturated heterocycles. The van der Waals surface area contributed by atoms with Gasteiger partial charge < -0.3 is 14.6 Å². The highest BCUT2D eigenvalue weighted by Crippen LogP contribution is 2.43. The summed E-state index contributed by atoms with van der Waals surface area (Å²) in [6.45, 7) is 2.11. The van der Waals surface area contributed by atoms with E-state index in [1.807, 2.05) is 18.2 Å². The van der Waals surface area contributed by atoms with Crippen molar-refractivity contribution in [1.82, 2.24) is 0 Å². The Labute approximate surface area is 102 Å². The summed E-state index contributed by atoms with van der Waals surface area (Å²) >= 11 is 0. The summed E-state index contributed by atoms with van der Waals surface area (Å²) in [5.41, 5.74) is 0.876. The molecule has 0 heterocycles. The lowest BCUT2D eigenvalue weighted by atomic mass is 9.93. The van der Waals surface area contributed by atoms with Crippen LogP contribution in [0.2, 0.25) is 0 Å². The second kappa shape index (κ2) is 4.96. The molecule has 1 fully saturated rings. The van der Waals surface area contributed by atoms with E-state index in [0.29, 0.717) is 11.8 Å². The Hall–Kier alpha value is -1.22. The number of ether oxygens (including phenoxy) is 2. The Bertz CT molecular complexity index is 363. The van der Waals surface area contributed by atoms with Crippen LogP contribution in [-0.4, -0.2) is 19.3 Å². The minimum atomic E-state index is -0.438. The zero-order chi connectivity index (χ0) is 12.4. The summed E-state index contributed by atoms with van der Waals surface area (Å²) < 4.78 is 10.4. The topological polar surface area (TPSA) is 38.7 Å². The average molecular weight is 236 g/mol. The van der Waals surface area contributed by atoms with Gasteiger partial charge in [-0.2, -0.15) is 0 Å². The average Bonchev–Trinajstić information content (AvgIpc) is 3.20. The van der Waals surface area contributed by atoms with E-state index in [1.54, 1.807) is 14.2 Å². The summed E-state index contributed by atoms with van der Waals surface area (Å²) in [7, 11) is 3.24. The zero-order valence-corrected chi connectivity index (χ0v) is 10.6. The normalized spacial score (nSPS) is 18.6. The van der Waals surface area contributed by atoms with Gasteiger partial charge in [-0.1, -0.05) is 6.92 Å². The first-order valence-electron chi connectivity index (χ1n) is 6.06. The van der Waals surface area contributed by atoms with E-state index in [1.165, 1.54) is 12.8 Å². The molecule has 0 aromatic heterocycles. The van der Waals surface area contributed by atoms with Gasteiger partial charge in [0.2, 0.25) is 0 Å². The number of hydrogen-bond acceptors (Lipinski definition) is 3. The lowest BCUT2D eigenvalue weighted by Crippen LogP contribution is -2.11. The van der Waals surface area contributed by atoms with Crippen LogP contribution in [0, 0.1) is 11.8 Å². The van der Waals surface area contributed by atoms with Gasteiger partial charge in [0.1, 0.15) is 11.5 Å². The van der Waals surface area contributed by atoms with Crippen LogP contribution in [0.15, 0.2) is 18.2 Å². The van der Waals surface area contributed by atoms with Gasteiger partial charge in [-0.15, -0.1) is 0 Å². The molecular weight excluding hydrogens is 216 g/mol. The summed E-state index contributed by atoms with van der Waals surface area (Å²) in [4.78, 5) is 0. The van der Waals surface area contributed by atoms with E-state index in [0.717, 1.165) is 17.1 Å². The van der Waals surface area contributed by atoms with E-state index in [-0.39, 0.29) is 0 Å². The van der Waals surface area contributed by atoms with Crippen LogP contribution in [0.4, 0.5) is 0 Å². The SMILES string of the molecule is COc1cc(OC)cc(C(O)C(C)C2CC2)c1. The van der Waals surface area contributed by atoms with Crippen LogP contribution in [0.25, 0.3) is 0 Å². The second-order valence-corrected chi connectivity index (χ2v) is 4.79. The maximum absolute atomic E-state index is 10.3. The molecule has 1 aliphatic carbocycles. The molecule has 3 nitrogen and oxygen atoms in total. The first-order valence-corrected chi connectivity index (χ1v) is 6.06. The van der Waals surface area contributed by atoms with Crippen molar-refractivity contribution in [3.63, 3.8) is 0 Å². The van der Waals surface area contributed by atoms with Gasteiger partial charge in [0.15, 0.2) is 0 Å². The van der Waals surface area contributed by atoms with Gasteiger partial charge in [-0.05, 0) is 42.4 Å². The molecule has 1 aliphatic rings. The van der Waals surface area contributed by atoms with Crippen LogP contribution in [0.3, 0.4) is 0 Å². The molecule has 17 heavy (non-hydrogen) atoms. The van der Waals surface area contributed by atoms with Crippen LogP contribution in [0.5, 0.6) is 11.5 Å². The summed E-state index contributed by atoms with van der Waals surface area (Å²) in [5, 5.41) is 10.3. The predicted molar refractivity (Wildman–Crippen MR) is 66.4 cm³/mol. The van der Waals surface area contributed by atoms with E-state index in [9.17, 15) is 5.11 Å². The fourth-order valence-electron chi connectivity index (χ4n) is 2.18. The van der Waals surface area contributed by atoms with Gasteiger partial charge in [0.05, 0.1) is 20.3 Å². The third-order valence-corrected chi connectivity index (χ3v) is 3.58. The highest BCUT2D eigenvalue weighted by atomic mass is 16.5. The molecule has 1 aromatic carbocycles. The van der Waals surface area contributed by atoms with Crippen LogP contribution >= 0.6 is 0 Å².